The molecule has 0 bridgehead atoms. The molecule has 2 aromatic carbocycles. The molecule has 0 aliphatic carbocycles. The Morgan fingerprint density at radius 1 is 1.00 bits per heavy atom. The normalized spacial score (nSPS) is 11.7. The van der Waals surface area contributed by atoms with Gasteiger partial charge in [-0.15, -0.1) is 0 Å². The molecule has 1 nitrogen and oxygen atoms in total. The average molecular weight is 283 g/mol. The second-order valence-corrected chi connectivity index (χ2v) is 4.43. The molecule has 0 fully saturated rings. The third-order valence-electron chi connectivity index (χ3n) is 2.93. The fourth-order valence-electron chi connectivity index (χ4n) is 2.10. The third-order valence-corrected chi connectivity index (χ3v) is 2.93. The van der Waals surface area contributed by atoms with Gasteiger partial charge in [0, 0.05) is 0 Å². The van der Waals surface area contributed by atoms with Gasteiger partial charge in [0.1, 0.15) is 5.82 Å². The molecule has 20 heavy (non-hydrogen) atoms. The van der Waals surface area contributed by atoms with Crippen molar-refractivity contribution in [3.05, 3.63) is 59.4 Å². The van der Waals surface area contributed by atoms with Crippen LogP contribution in [0.2, 0.25) is 0 Å². The summed E-state index contributed by atoms with van der Waals surface area (Å²) in [5.74, 6) is -0.567. The number of hydrogen-bond acceptors (Lipinski definition) is 1. The van der Waals surface area contributed by atoms with E-state index in [9.17, 15) is 17.6 Å². The van der Waals surface area contributed by atoms with Crippen molar-refractivity contribution in [1.82, 2.24) is 0 Å². The van der Waals surface area contributed by atoms with Crippen LogP contribution in [0.4, 0.5) is 17.6 Å². The van der Waals surface area contributed by atoms with Gasteiger partial charge in [0.15, 0.2) is 0 Å². The van der Waals surface area contributed by atoms with E-state index in [0.29, 0.717) is 18.5 Å². The van der Waals surface area contributed by atoms with E-state index in [1.807, 2.05) is 0 Å². The second-order valence-electron chi connectivity index (χ2n) is 4.43. The first-order valence-corrected chi connectivity index (χ1v) is 6.08. The molecule has 0 spiro atoms. The maximum absolute atomic E-state index is 13.5. The molecule has 2 aromatic rings. The maximum Gasteiger partial charge on any atom is 0.417 e. The monoisotopic (exact) mass is 283 g/mol. The fourth-order valence-corrected chi connectivity index (χ4v) is 2.10. The molecule has 0 saturated carbocycles. The minimum atomic E-state index is -4.48. The Labute approximate surface area is 114 Å². The van der Waals surface area contributed by atoms with E-state index in [-0.39, 0.29) is 11.1 Å². The molecule has 5 heteroatoms. The van der Waals surface area contributed by atoms with Crippen molar-refractivity contribution in [3.8, 4) is 11.1 Å². The smallest absolute Gasteiger partial charge is 0.330 e. The van der Waals surface area contributed by atoms with E-state index >= 15 is 0 Å². The number of alkyl halides is 3. The van der Waals surface area contributed by atoms with Crippen molar-refractivity contribution in [3.63, 3.8) is 0 Å². The van der Waals surface area contributed by atoms with E-state index in [2.05, 4.69) is 0 Å². The lowest BCUT2D eigenvalue weighted by Gasteiger charge is -2.13. The summed E-state index contributed by atoms with van der Waals surface area (Å²) in [6.45, 7) is 0.309. The molecule has 0 radical (unpaired) electrons. The van der Waals surface area contributed by atoms with Crippen LogP contribution in [0.3, 0.4) is 0 Å². The largest absolute Gasteiger partial charge is 0.417 e. The Morgan fingerprint density at radius 3 is 2.35 bits per heavy atom. The van der Waals surface area contributed by atoms with Gasteiger partial charge in [-0.3, -0.25) is 0 Å². The predicted molar refractivity (Wildman–Crippen MR) is 69.6 cm³/mol. The minimum absolute atomic E-state index is 0.0298. The van der Waals surface area contributed by atoms with Gasteiger partial charge in [0.2, 0.25) is 0 Å². The minimum Gasteiger partial charge on any atom is -0.330 e. The second kappa shape index (κ2) is 5.63. The first-order valence-electron chi connectivity index (χ1n) is 6.08. The lowest BCUT2D eigenvalue weighted by atomic mass is 9.97. The van der Waals surface area contributed by atoms with Crippen molar-refractivity contribution in [1.29, 1.82) is 0 Å². The van der Waals surface area contributed by atoms with E-state index in [0.717, 1.165) is 12.1 Å². The summed E-state index contributed by atoms with van der Waals surface area (Å²) >= 11 is 0. The highest BCUT2D eigenvalue weighted by atomic mass is 19.4. The van der Waals surface area contributed by atoms with Gasteiger partial charge in [-0.05, 0) is 47.9 Å². The number of hydrogen-bond donors (Lipinski definition) is 1. The summed E-state index contributed by atoms with van der Waals surface area (Å²) < 4.78 is 52.5. The van der Waals surface area contributed by atoms with Crippen LogP contribution in [-0.2, 0) is 12.6 Å². The van der Waals surface area contributed by atoms with Crippen molar-refractivity contribution in [2.75, 3.05) is 6.54 Å². The summed E-state index contributed by atoms with van der Waals surface area (Å²) in [7, 11) is 0. The van der Waals surface area contributed by atoms with Crippen LogP contribution < -0.4 is 5.73 Å². The molecule has 0 unspecified atom stereocenters. The summed E-state index contributed by atoms with van der Waals surface area (Å²) in [5.41, 5.74) is 5.38. The highest BCUT2D eigenvalue weighted by Crippen LogP contribution is 2.37. The molecule has 2 rings (SSSR count). The summed E-state index contributed by atoms with van der Waals surface area (Å²) in [5, 5.41) is 0. The van der Waals surface area contributed by atoms with Crippen molar-refractivity contribution < 1.29 is 17.6 Å². The highest BCUT2D eigenvalue weighted by Gasteiger charge is 2.33. The van der Waals surface area contributed by atoms with Gasteiger partial charge in [0.05, 0.1) is 5.56 Å². The quantitative estimate of drug-likeness (QED) is 0.846. The maximum atomic E-state index is 13.5. The van der Waals surface area contributed by atoms with Crippen LogP contribution >= 0.6 is 0 Å². The van der Waals surface area contributed by atoms with Crippen LogP contribution in [0.1, 0.15) is 11.1 Å². The Balaban J connectivity index is 2.57. The SMILES string of the molecule is NCCc1cc(F)cc(-c2ccccc2C(F)(F)F)c1. The first-order chi connectivity index (χ1) is 9.41. The summed E-state index contributed by atoms with van der Waals surface area (Å²) in [6.07, 6.45) is -4.06. The van der Waals surface area contributed by atoms with Crippen LogP contribution in [-0.4, -0.2) is 6.54 Å². The molecule has 0 heterocycles. The molecule has 2 N–H and O–H groups in total. The van der Waals surface area contributed by atoms with Crippen molar-refractivity contribution in [2.24, 2.45) is 5.73 Å². The summed E-state index contributed by atoms with van der Waals surface area (Å²) in [6, 6.07) is 9.06. The molecule has 0 aliphatic heterocycles. The first kappa shape index (κ1) is 14.5. The van der Waals surface area contributed by atoms with Crippen LogP contribution in [0.5, 0.6) is 0 Å². The van der Waals surface area contributed by atoms with E-state index in [4.69, 9.17) is 5.73 Å². The fraction of sp³-hybridized carbons (Fsp3) is 0.200. The van der Waals surface area contributed by atoms with Gasteiger partial charge in [0.25, 0.3) is 0 Å². The van der Waals surface area contributed by atoms with Gasteiger partial charge in [-0.2, -0.15) is 13.2 Å². The Hall–Kier alpha value is -1.88. The molecule has 0 atom stereocenters. The third kappa shape index (κ3) is 3.17. The Morgan fingerprint density at radius 2 is 1.70 bits per heavy atom. The zero-order valence-electron chi connectivity index (χ0n) is 10.5. The van der Waals surface area contributed by atoms with Crippen LogP contribution in [0.15, 0.2) is 42.5 Å². The molecular formula is C15H13F4N. The molecule has 0 aromatic heterocycles. The van der Waals surface area contributed by atoms with Gasteiger partial charge in [-0.25, -0.2) is 4.39 Å². The number of nitrogens with two attached hydrogens (primary N) is 1. The average Bonchev–Trinajstić information content (AvgIpc) is 2.37. The van der Waals surface area contributed by atoms with E-state index in [1.54, 1.807) is 6.07 Å². The van der Waals surface area contributed by atoms with Gasteiger partial charge < -0.3 is 5.73 Å². The van der Waals surface area contributed by atoms with E-state index in [1.165, 1.54) is 24.3 Å². The Bertz CT molecular complexity index is 605. The lowest BCUT2D eigenvalue weighted by molar-refractivity contribution is -0.137. The van der Waals surface area contributed by atoms with E-state index < -0.39 is 17.6 Å². The standard InChI is InChI=1S/C15H13F4N/c16-12-8-10(5-6-20)7-11(9-12)13-3-1-2-4-14(13)15(17,18)19/h1-4,7-9H,5-6,20H2. The molecular weight excluding hydrogens is 270 g/mol. The molecule has 106 valence electrons. The highest BCUT2D eigenvalue weighted by molar-refractivity contribution is 5.68. The van der Waals surface area contributed by atoms with Crippen LogP contribution in [0, 0.1) is 5.82 Å². The zero-order chi connectivity index (χ0) is 14.8. The summed E-state index contributed by atoms with van der Waals surface area (Å²) in [4.78, 5) is 0. The van der Waals surface area contributed by atoms with Gasteiger partial charge >= 0.3 is 6.18 Å². The van der Waals surface area contributed by atoms with Gasteiger partial charge in [-0.1, -0.05) is 24.3 Å². The number of rotatable bonds is 3. The topological polar surface area (TPSA) is 26.0 Å². The lowest BCUT2D eigenvalue weighted by Crippen LogP contribution is -2.07. The molecule has 0 aliphatic rings. The predicted octanol–water partition coefficient (Wildman–Crippen LogP) is 4.01. The van der Waals surface area contributed by atoms with Crippen molar-refractivity contribution in [2.45, 2.75) is 12.6 Å². The zero-order valence-corrected chi connectivity index (χ0v) is 10.5. The number of halogens is 4. The molecule has 0 saturated heterocycles. The van der Waals surface area contributed by atoms with Crippen molar-refractivity contribution >= 4 is 0 Å². The molecule has 0 amide bonds. The van der Waals surface area contributed by atoms with Crippen LogP contribution in [0.25, 0.3) is 11.1 Å². The Kier molecular flexibility index (Phi) is 4.09. The number of benzene rings is 2.